The van der Waals surface area contributed by atoms with Crippen molar-refractivity contribution in [1.82, 2.24) is 19.8 Å². The van der Waals surface area contributed by atoms with Crippen LogP contribution in [-0.2, 0) is 37.1 Å². The van der Waals surface area contributed by atoms with Gasteiger partial charge in [-0.15, -0.1) is 0 Å². The van der Waals surface area contributed by atoms with E-state index < -0.39 is 48.6 Å². The summed E-state index contributed by atoms with van der Waals surface area (Å²) in [6, 6.07) is 10.3. The molecule has 1 unspecified atom stereocenters. The Morgan fingerprint density at radius 1 is 0.782 bits per heavy atom. The molecule has 1 spiro atoms. The van der Waals surface area contributed by atoms with E-state index in [1.165, 1.54) is 18.5 Å². The Morgan fingerprint density at radius 2 is 1.24 bits per heavy atom. The number of nitrogens with zero attached hydrogens (tertiary/aromatic N) is 4. The van der Waals surface area contributed by atoms with Crippen molar-refractivity contribution in [3.63, 3.8) is 0 Å². The molecular weight excluding hydrogens is 788 g/mol. The third-order valence-electron chi connectivity index (χ3n) is 7.03. The van der Waals surface area contributed by atoms with Crippen LogP contribution < -0.4 is 0 Å². The fourth-order valence-corrected chi connectivity index (χ4v) is 4.56. The first kappa shape index (κ1) is 50.2. The number of carbonyl (C=O) groups is 4. The number of hydrogen-bond donors (Lipinski definition) is 4. The Kier molecular flexibility index (Phi) is 19.5. The number of rotatable bonds is 6. The zero-order chi connectivity index (χ0) is 43.0. The maximum Gasteiger partial charge on any atom is 0.490 e. The van der Waals surface area contributed by atoms with Crippen LogP contribution in [0.1, 0.15) is 29.8 Å². The van der Waals surface area contributed by atoms with E-state index in [1.807, 2.05) is 12.3 Å². The lowest BCUT2D eigenvalue weighted by molar-refractivity contribution is -0.193. The van der Waals surface area contributed by atoms with Gasteiger partial charge in [-0.3, -0.25) is 19.8 Å². The van der Waals surface area contributed by atoms with Crippen molar-refractivity contribution in [2.24, 2.45) is 5.92 Å². The Labute approximate surface area is 303 Å². The number of likely N-dealkylation sites (N-methyl/N-ethyl adjacent to an activating group) is 1. The fourth-order valence-electron chi connectivity index (χ4n) is 4.56. The summed E-state index contributed by atoms with van der Waals surface area (Å²) < 4.78 is 133. The molecule has 2 aromatic heterocycles. The Hall–Kier alpha value is -4.78. The van der Waals surface area contributed by atoms with E-state index in [4.69, 9.17) is 44.3 Å². The molecule has 4 rings (SSSR count). The van der Waals surface area contributed by atoms with Crippen molar-refractivity contribution in [2.75, 3.05) is 33.3 Å². The van der Waals surface area contributed by atoms with Crippen LogP contribution >= 0.6 is 0 Å². The highest BCUT2D eigenvalue weighted by Crippen LogP contribution is 2.39. The van der Waals surface area contributed by atoms with E-state index in [9.17, 15) is 52.7 Å². The summed E-state index contributed by atoms with van der Waals surface area (Å²) in [5.74, 6) is -10.4. The first-order chi connectivity index (χ1) is 24.9. The quantitative estimate of drug-likeness (QED) is 0.270. The second-order valence-corrected chi connectivity index (χ2v) is 11.5. The Morgan fingerprint density at radius 3 is 1.62 bits per heavy atom. The topological polar surface area (TPSA) is 191 Å². The number of pyridine rings is 2. The highest BCUT2D eigenvalue weighted by Gasteiger charge is 2.49. The van der Waals surface area contributed by atoms with Crippen molar-refractivity contribution >= 4 is 23.9 Å². The predicted octanol–water partition coefficient (Wildman–Crippen LogP) is 5.43. The third-order valence-corrected chi connectivity index (χ3v) is 7.03. The SMILES string of the molecule is Cc1cccc(CN2CC3(CC(COCc4cccnc4)CCN3C)C2)n1.O=C(O)C(F)(F)F.O=C(O)C(F)(F)F.O=C(O)C(F)(F)F.O=C(O)C(F)(F)F. The van der Waals surface area contributed by atoms with Gasteiger partial charge in [-0.25, -0.2) is 19.2 Å². The molecule has 2 fully saturated rings. The Bertz CT molecular complexity index is 1420. The van der Waals surface area contributed by atoms with Crippen LogP contribution in [0.25, 0.3) is 0 Å². The molecule has 0 amide bonds. The molecule has 312 valence electrons. The number of aliphatic carboxylic acids is 4. The molecule has 13 nitrogen and oxygen atoms in total. The van der Waals surface area contributed by atoms with Crippen LogP contribution in [0.2, 0.25) is 0 Å². The molecule has 0 aromatic carbocycles. The predicted molar refractivity (Wildman–Crippen MR) is 161 cm³/mol. The summed E-state index contributed by atoms with van der Waals surface area (Å²) in [5, 5.41) is 28.5. The molecule has 4 N–H and O–H groups in total. The van der Waals surface area contributed by atoms with Gasteiger partial charge in [0.25, 0.3) is 0 Å². The summed E-state index contributed by atoms with van der Waals surface area (Å²) >= 11 is 0. The lowest BCUT2D eigenvalue weighted by Crippen LogP contribution is -2.71. The minimum atomic E-state index is -5.08. The minimum Gasteiger partial charge on any atom is -0.475 e. The highest BCUT2D eigenvalue weighted by atomic mass is 19.4. The molecule has 1 atom stereocenters. The van der Waals surface area contributed by atoms with Crippen molar-refractivity contribution in [3.8, 4) is 0 Å². The van der Waals surface area contributed by atoms with E-state index in [2.05, 4.69) is 58.0 Å². The van der Waals surface area contributed by atoms with Gasteiger partial charge in [-0.1, -0.05) is 12.1 Å². The first-order valence-corrected chi connectivity index (χ1v) is 14.9. The van der Waals surface area contributed by atoms with Gasteiger partial charge < -0.3 is 25.2 Å². The summed E-state index contributed by atoms with van der Waals surface area (Å²) in [6.07, 6.45) is -14.2. The smallest absolute Gasteiger partial charge is 0.475 e. The highest BCUT2D eigenvalue weighted by molar-refractivity contribution is 5.74. The largest absolute Gasteiger partial charge is 0.490 e. The van der Waals surface area contributed by atoms with Gasteiger partial charge in [0.15, 0.2) is 0 Å². The van der Waals surface area contributed by atoms with Gasteiger partial charge in [0.1, 0.15) is 0 Å². The number of alkyl halides is 12. The number of aromatic nitrogens is 2. The first-order valence-electron chi connectivity index (χ1n) is 14.9. The number of halogens is 12. The number of carboxylic acids is 4. The molecule has 0 saturated carbocycles. The summed E-state index contributed by atoms with van der Waals surface area (Å²) in [4.78, 5) is 49.5. The van der Waals surface area contributed by atoms with Crippen molar-refractivity contribution < 1.29 is 97.0 Å². The van der Waals surface area contributed by atoms with Crippen LogP contribution in [0.5, 0.6) is 0 Å². The van der Waals surface area contributed by atoms with Gasteiger partial charge in [0.2, 0.25) is 0 Å². The molecule has 2 aromatic rings. The second-order valence-electron chi connectivity index (χ2n) is 11.5. The van der Waals surface area contributed by atoms with Gasteiger partial charge in [0.05, 0.1) is 12.3 Å². The number of ether oxygens (including phenoxy) is 1. The number of piperidine rings is 1. The zero-order valence-corrected chi connectivity index (χ0v) is 28.4. The minimum absolute atomic E-state index is 0.324. The van der Waals surface area contributed by atoms with Crippen molar-refractivity contribution in [2.45, 2.75) is 63.2 Å². The molecule has 0 bridgehead atoms. The number of likely N-dealkylation sites (tertiary alicyclic amines) is 2. The van der Waals surface area contributed by atoms with Gasteiger partial charge in [-0.2, -0.15) is 52.7 Å². The molecule has 4 heterocycles. The van der Waals surface area contributed by atoms with Crippen molar-refractivity contribution in [1.29, 1.82) is 0 Å². The summed E-state index contributed by atoms with van der Waals surface area (Å²) in [5.41, 5.74) is 3.76. The van der Waals surface area contributed by atoms with Gasteiger partial charge >= 0.3 is 48.6 Å². The molecule has 2 aliphatic rings. The van der Waals surface area contributed by atoms with Crippen LogP contribution in [-0.4, -0.2) is 128 Å². The van der Waals surface area contributed by atoms with E-state index in [1.54, 1.807) is 6.20 Å². The monoisotopic (exact) mass is 822 g/mol. The average molecular weight is 823 g/mol. The second kappa shape index (κ2) is 21.3. The molecule has 2 saturated heterocycles. The van der Waals surface area contributed by atoms with Crippen LogP contribution in [0.15, 0.2) is 42.7 Å². The molecule has 0 aliphatic carbocycles. The Balaban J connectivity index is 0.000000849. The van der Waals surface area contributed by atoms with Crippen LogP contribution in [0, 0.1) is 12.8 Å². The maximum atomic E-state index is 10.6. The lowest BCUT2D eigenvalue weighted by atomic mass is 9.75. The standard InChI is InChI=1S/C22H30N4O.4C2HF3O2/c1-18-5-3-7-21(24-18)13-26-16-22(17-26)11-19(8-10-25(22)2)14-27-15-20-6-4-9-23-12-20;4*3-2(4,5)1(6)7/h3-7,9,12,19H,8,10-11,13-17H2,1-2H3;4*(H,6,7). The molecular formula is C30H34F12N4O9. The van der Waals surface area contributed by atoms with Crippen molar-refractivity contribution in [3.05, 3.63) is 59.7 Å². The van der Waals surface area contributed by atoms with E-state index >= 15 is 0 Å². The average Bonchev–Trinajstić information content (AvgIpc) is 3.02. The number of carboxylic acid groups (broad SMARTS) is 4. The van der Waals surface area contributed by atoms with E-state index in [-0.39, 0.29) is 0 Å². The molecule has 0 radical (unpaired) electrons. The third kappa shape index (κ3) is 20.5. The van der Waals surface area contributed by atoms with Gasteiger partial charge in [-0.05, 0) is 63.0 Å². The summed E-state index contributed by atoms with van der Waals surface area (Å²) in [6.45, 7) is 7.97. The maximum absolute atomic E-state index is 10.6. The van der Waals surface area contributed by atoms with E-state index in [0.29, 0.717) is 18.1 Å². The molecule has 55 heavy (non-hydrogen) atoms. The van der Waals surface area contributed by atoms with Crippen LogP contribution in [0.4, 0.5) is 52.7 Å². The van der Waals surface area contributed by atoms with Crippen LogP contribution in [0.3, 0.4) is 0 Å². The molecule has 2 aliphatic heterocycles. The number of hydrogen-bond acceptors (Lipinski definition) is 9. The zero-order valence-electron chi connectivity index (χ0n) is 28.4. The normalized spacial score (nSPS) is 16.9. The van der Waals surface area contributed by atoms with Gasteiger partial charge in [0, 0.05) is 49.9 Å². The van der Waals surface area contributed by atoms with E-state index in [0.717, 1.165) is 44.0 Å². The number of aryl methyl sites for hydroxylation is 1. The lowest BCUT2D eigenvalue weighted by Gasteiger charge is -2.58. The molecule has 25 heteroatoms. The summed E-state index contributed by atoms with van der Waals surface area (Å²) in [7, 11) is 2.29. The fraction of sp³-hybridized carbons (Fsp3) is 0.533.